The third-order valence-corrected chi connectivity index (χ3v) is 8.12. The van der Waals surface area contributed by atoms with E-state index in [0.29, 0.717) is 0 Å². The third kappa shape index (κ3) is 11.7. The molecule has 4 rings (SSSR count). The Kier molecular flexibility index (Phi) is 13.8. The van der Waals surface area contributed by atoms with Gasteiger partial charge in [-0.15, -0.1) is 0 Å². The van der Waals surface area contributed by atoms with E-state index in [0.717, 1.165) is 22.3 Å². The van der Waals surface area contributed by atoms with Crippen molar-refractivity contribution < 1.29 is 29.1 Å². The molecule has 0 bridgehead atoms. The number of nitrogens with one attached hydrogen (secondary N) is 4. The van der Waals surface area contributed by atoms with Crippen LogP contribution in [-0.2, 0) is 49.7 Å². The third-order valence-electron chi connectivity index (χ3n) is 8.12. The maximum atomic E-state index is 13.9. The molecule has 0 radical (unpaired) electrons. The number of carbonyl (C=O) groups is 5. The average Bonchev–Trinajstić information content (AvgIpc) is 3.12. The molecule has 0 heterocycles. The summed E-state index contributed by atoms with van der Waals surface area (Å²) in [6.07, 6.45) is 0.462. The van der Waals surface area contributed by atoms with Crippen LogP contribution in [-0.4, -0.2) is 64.9 Å². The Balaban J connectivity index is 1.49. The summed E-state index contributed by atoms with van der Waals surface area (Å²) < 4.78 is 0. The standard InChI is InChI=1S/C39H43N5O6/c1-26(41-36(46)31(40)22-27-14-6-2-7-15-27)35(45)42-32(23-28-16-8-3-9-17-28)37(47)43-33(24-29-18-10-4-11-19-29)38(48)44-34(39(49)50)25-30-20-12-5-13-21-30/h2-21,26,31-34H,22-25,40H2,1H3,(H,41,46)(H,42,45)(H,43,47)(H,44,48)(H,49,50)/t26-,31-,32-,33-,34-/m1/s1. The number of aliphatic carboxylic acids is 1. The number of carboxylic acids is 1. The molecule has 260 valence electrons. The number of rotatable bonds is 17. The molecule has 0 spiro atoms. The van der Waals surface area contributed by atoms with Crippen molar-refractivity contribution in [1.29, 1.82) is 0 Å². The first-order chi connectivity index (χ1) is 24.1. The van der Waals surface area contributed by atoms with Crippen LogP contribution in [0.2, 0.25) is 0 Å². The summed E-state index contributed by atoms with van der Waals surface area (Å²) in [5, 5.41) is 20.6. The van der Waals surface area contributed by atoms with Crippen molar-refractivity contribution >= 4 is 29.6 Å². The highest BCUT2D eigenvalue weighted by Crippen LogP contribution is 2.10. The zero-order valence-electron chi connectivity index (χ0n) is 27.8. The lowest BCUT2D eigenvalue weighted by Gasteiger charge is -2.26. The number of benzene rings is 4. The van der Waals surface area contributed by atoms with Crippen LogP contribution in [0.15, 0.2) is 121 Å². The molecular formula is C39H43N5O6. The van der Waals surface area contributed by atoms with Crippen LogP contribution in [0.1, 0.15) is 29.2 Å². The fourth-order valence-electron chi connectivity index (χ4n) is 5.36. The van der Waals surface area contributed by atoms with E-state index in [9.17, 15) is 29.1 Å². The summed E-state index contributed by atoms with van der Waals surface area (Å²) in [7, 11) is 0. The number of amides is 4. The summed E-state index contributed by atoms with van der Waals surface area (Å²) in [6.45, 7) is 1.49. The van der Waals surface area contributed by atoms with E-state index in [2.05, 4.69) is 21.3 Å². The molecule has 11 heteroatoms. The van der Waals surface area contributed by atoms with E-state index in [4.69, 9.17) is 5.73 Å². The van der Waals surface area contributed by atoms with Gasteiger partial charge in [-0.2, -0.15) is 0 Å². The number of hydrogen-bond acceptors (Lipinski definition) is 6. The molecule has 4 amide bonds. The van der Waals surface area contributed by atoms with Gasteiger partial charge in [0.2, 0.25) is 23.6 Å². The van der Waals surface area contributed by atoms with Crippen LogP contribution in [0.3, 0.4) is 0 Å². The minimum atomic E-state index is -1.25. The summed E-state index contributed by atoms with van der Waals surface area (Å²) in [5.41, 5.74) is 9.17. The van der Waals surface area contributed by atoms with Gasteiger partial charge in [0.25, 0.3) is 0 Å². The van der Waals surface area contributed by atoms with Crippen molar-refractivity contribution in [2.24, 2.45) is 5.73 Å². The minimum absolute atomic E-state index is 0.0409. The van der Waals surface area contributed by atoms with E-state index in [-0.39, 0.29) is 25.7 Å². The minimum Gasteiger partial charge on any atom is -0.480 e. The highest BCUT2D eigenvalue weighted by Gasteiger charge is 2.31. The lowest BCUT2D eigenvalue weighted by molar-refractivity contribution is -0.142. The first-order valence-corrected chi connectivity index (χ1v) is 16.4. The average molecular weight is 678 g/mol. The highest BCUT2D eigenvalue weighted by molar-refractivity contribution is 5.95. The highest BCUT2D eigenvalue weighted by atomic mass is 16.4. The van der Waals surface area contributed by atoms with Crippen LogP contribution in [0, 0.1) is 0 Å². The molecular weight excluding hydrogens is 634 g/mol. The fourth-order valence-corrected chi connectivity index (χ4v) is 5.36. The number of nitrogens with two attached hydrogens (primary N) is 1. The maximum absolute atomic E-state index is 13.9. The van der Waals surface area contributed by atoms with E-state index in [1.54, 1.807) is 72.8 Å². The Bertz CT molecular complexity index is 1710. The molecule has 0 fully saturated rings. The first-order valence-electron chi connectivity index (χ1n) is 16.4. The molecule has 11 nitrogen and oxygen atoms in total. The quantitative estimate of drug-likeness (QED) is 0.0993. The van der Waals surface area contributed by atoms with Crippen LogP contribution in [0.5, 0.6) is 0 Å². The predicted octanol–water partition coefficient (Wildman–Crippen LogP) is 2.33. The second kappa shape index (κ2) is 18.7. The molecule has 7 N–H and O–H groups in total. The lowest BCUT2D eigenvalue weighted by atomic mass is 10.0. The normalized spacial score (nSPS) is 13.8. The monoisotopic (exact) mass is 677 g/mol. The van der Waals surface area contributed by atoms with Gasteiger partial charge in [-0.05, 0) is 35.6 Å². The van der Waals surface area contributed by atoms with Crippen molar-refractivity contribution in [1.82, 2.24) is 21.3 Å². The summed E-state index contributed by atoms with van der Waals surface area (Å²) in [4.78, 5) is 66.0. The van der Waals surface area contributed by atoms with Crippen LogP contribution >= 0.6 is 0 Å². The van der Waals surface area contributed by atoms with Gasteiger partial charge in [-0.1, -0.05) is 121 Å². The fraction of sp³-hybridized carbons (Fsp3) is 0.256. The zero-order valence-corrected chi connectivity index (χ0v) is 27.8. The topological polar surface area (TPSA) is 180 Å². The number of hydrogen-bond donors (Lipinski definition) is 6. The van der Waals surface area contributed by atoms with E-state index < -0.39 is 59.8 Å². The number of carboxylic acid groups (broad SMARTS) is 1. The van der Waals surface area contributed by atoms with Crippen molar-refractivity contribution in [2.45, 2.75) is 62.8 Å². The molecule has 5 atom stereocenters. The van der Waals surface area contributed by atoms with Crippen LogP contribution < -0.4 is 27.0 Å². The van der Waals surface area contributed by atoms with Gasteiger partial charge in [0.15, 0.2) is 0 Å². The smallest absolute Gasteiger partial charge is 0.326 e. The van der Waals surface area contributed by atoms with E-state index in [1.165, 1.54) is 6.92 Å². The molecule has 0 saturated heterocycles. The maximum Gasteiger partial charge on any atom is 0.326 e. The predicted molar refractivity (Wildman–Crippen MR) is 190 cm³/mol. The Morgan fingerprint density at radius 2 is 0.800 bits per heavy atom. The number of carbonyl (C=O) groups excluding carboxylic acids is 4. The molecule has 0 aliphatic rings. The SMILES string of the molecule is C[C@@H](NC(=O)[C@H](N)Cc1ccccc1)C(=O)N[C@H](Cc1ccccc1)C(=O)N[C@H](Cc1ccccc1)C(=O)N[C@H](Cc1ccccc1)C(=O)O. The molecule has 0 aliphatic carbocycles. The molecule has 4 aromatic rings. The molecule has 50 heavy (non-hydrogen) atoms. The van der Waals surface area contributed by atoms with Gasteiger partial charge in [-0.25, -0.2) is 4.79 Å². The molecule has 0 aromatic heterocycles. The Morgan fingerprint density at radius 3 is 1.18 bits per heavy atom. The Labute approximate surface area is 291 Å². The summed E-state index contributed by atoms with van der Waals surface area (Å²) >= 11 is 0. The second-order valence-corrected chi connectivity index (χ2v) is 12.1. The molecule has 0 unspecified atom stereocenters. The lowest BCUT2D eigenvalue weighted by Crippen LogP contribution is -2.59. The first kappa shape index (κ1) is 37.0. The van der Waals surface area contributed by atoms with Crippen molar-refractivity contribution in [3.05, 3.63) is 144 Å². The van der Waals surface area contributed by atoms with Crippen molar-refractivity contribution in [3.8, 4) is 0 Å². The molecule has 0 aliphatic heterocycles. The van der Waals surface area contributed by atoms with Gasteiger partial charge in [-0.3, -0.25) is 19.2 Å². The zero-order chi connectivity index (χ0) is 35.9. The molecule has 0 saturated carbocycles. The van der Waals surface area contributed by atoms with Gasteiger partial charge < -0.3 is 32.1 Å². The van der Waals surface area contributed by atoms with E-state index >= 15 is 0 Å². The van der Waals surface area contributed by atoms with Gasteiger partial charge in [0.1, 0.15) is 24.2 Å². The van der Waals surface area contributed by atoms with Crippen molar-refractivity contribution in [3.63, 3.8) is 0 Å². The summed E-state index contributed by atoms with van der Waals surface area (Å²) in [5.74, 6) is -3.72. The Morgan fingerprint density at radius 1 is 0.480 bits per heavy atom. The van der Waals surface area contributed by atoms with Crippen molar-refractivity contribution in [2.75, 3.05) is 0 Å². The largest absolute Gasteiger partial charge is 0.480 e. The van der Waals surface area contributed by atoms with Gasteiger partial charge in [0.05, 0.1) is 6.04 Å². The summed E-state index contributed by atoms with van der Waals surface area (Å²) in [6, 6.07) is 30.7. The second-order valence-electron chi connectivity index (χ2n) is 12.1. The molecule has 4 aromatic carbocycles. The van der Waals surface area contributed by atoms with Gasteiger partial charge in [0, 0.05) is 19.3 Å². The van der Waals surface area contributed by atoms with E-state index in [1.807, 2.05) is 48.5 Å². The Hall–Kier alpha value is -5.81. The van der Waals surface area contributed by atoms with Crippen LogP contribution in [0.25, 0.3) is 0 Å². The van der Waals surface area contributed by atoms with Gasteiger partial charge >= 0.3 is 5.97 Å². The van der Waals surface area contributed by atoms with Crippen LogP contribution in [0.4, 0.5) is 0 Å².